The van der Waals surface area contributed by atoms with Crippen LogP contribution in [0.2, 0.25) is 5.02 Å². The molecule has 0 atom stereocenters. The molecule has 1 saturated heterocycles. The van der Waals surface area contributed by atoms with Gasteiger partial charge in [0.1, 0.15) is 6.61 Å². The molecule has 2 rings (SSSR count). The standard InChI is InChI=1S/C13H17ClN2O/c14-13-5-3-12(4-6-13)11-15-17-10-9-16-7-1-2-8-16/h3-6,11H,1-2,7-10H2/b15-11+. The molecule has 0 aliphatic carbocycles. The van der Waals surface area contributed by atoms with Crippen LogP contribution in [0.15, 0.2) is 29.4 Å². The zero-order valence-corrected chi connectivity index (χ0v) is 10.6. The number of rotatable bonds is 5. The van der Waals surface area contributed by atoms with Crippen molar-refractivity contribution in [3.63, 3.8) is 0 Å². The highest BCUT2D eigenvalue weighted by atomic mass is 35.5. The molecule has 92 valence electrons. The van der Waals surface area contributed by atoms with Gasteiger partial charge in [0.25, 0.3) is 0 Å². The average molecular weight is 253 g/mol. The molecule has 1 heterocycles. The number of halogens is 1. The molecule has 1 aliphatic rings. The lowest BCUT2D eigenvalue weighted by Gasteiger charge is -2.12. The Balaban J connectivity index is 1.65. The van der Waals surface area contributed by atoms with Gasteiger partial charge < -0.3 is 4.84 Å². The Morgan fingerprint density at radius 2 is 1.94 bits per heavy atom. The maximum Gasteiger partial charge on any atom is 0.129 e. The van der Waals surface area contributed by atoms with Gasteiger partial charge in [-0.1, -0.05) is 28.9 Å². The normalized spacial score (nSPS) is 16.8. The second-order valence-corrected chi connectivity index (χ2v) is 4.60. The molecule has 0 amide bonds. The third kappa shape index (κ3) is 4.36. The third-order valence-electron chi connectivity index (χ3n) is 2.84. The first-order valence-electron chi connectivity index (χ1n) is 5.98. The van der Waals surface area contributed by atoms with Crippen molar-refractivity contribution in [2.45, 2.75) is 12.8 Å². The Kier molecular flexibility index (Phi) is 4.83. The van der Waals surface area contributed by atoms with E-state index in [1.165, 1.54) is 25.9 Å². The third-order valence-corrected chi connectivity index (χ3v) is 3.10. The smallest absolute Gasteiger partial charge is 0.129 e. The van der Waals surface area contributed by atoms with Gasteiger partial charge in [-0.05, 0) is 43.6 Å². The summed E-state index contributed by atoms with van der Waals surface area (Å²) < 4.78 is 0. The van der Waals surface area contributed by atoms with E-state index in [2.05, 4.69) is 10.1 Å². The molecule has 0 radical (unpaired) electrons. The largest absolute Gasteiger partial charge is 0.394 e. The fourth-order valence-electron chi connectivity index (χ4n) is 1.88. The van der Waals surface area contributed by atoms with E-state index >= 15 is 0 Å². The number of likely N-dealkylation sites (tertiary alicyclic amines) is 1. The molecule has 0 saturated carbocycles. The molecular formula is C13H17ClN2O. The highest BCUT2D eigenvalue weighted by Gasteiger charge is 2.10. The summed E-state index contributed by atoms with van der Waals surface area (Å²) in [7, 11) is 0. The minimum absolute atomic E-state index is 0.657. The number of benzene rings is 1. The van der Waals surface area contributed by atoms with Crippen LogP contribution < -0.4 is 0 Å². The lowest BCUT2D eigenvalue weighted by atomic mass is 10.2. The van der Waals surface area contributed by atoms with Crippen LogP contribution in [0.25, 0.3) is 0 Å². The van der Waals surface area contributed by atoms with Crippen LogP contribution >= 0.6 is 11.6 Å². The SMILES string of the molecule is Clc1ccc(/C=N/OCCN2CCCC2)cc1. The first-order chi connectivity index (χ1) is 8.34. The predicted molar refractivity (Wildman–Crippen MR) is 70.7 cm³/mol. The van der Waals surface area contributed by atoms with Crippen molar-refractivity contribution in [2.75, 3.05) is 26.2 Å². The lowest BCUT2D eigenvalue weighted by Crippen LogP contribution is -2.23. The summed E-state index contributed by atoms with van der Waals surface area (Å²) in [4.78, 5) is 7.63. The maximum absolute atomic E-state index is 5.79. The molecule has 0 unspecified atom stereocenters. The van der Waals surface area contributed by atoms with Crippen molar-refractivity contribution in [3.05, 3.63) is 34.9 Å². The number of hydrogen-bond donors (Lipinski definition) is 0. The van der Waals surface area contributed by atoms with E-state index in [0.717, 1.165) is 17.1 Å². The predicted octanol–water partition coefficient (Wildman–Crippen LogP) is 2.79. The Labute approximate surface area is 107 Å². The Morgan fingerprint density at radius 1 is 1.24 bits per heavy atom. The van der Waals surface area contributed by atoms with Crippen LogP contribution in [0, 0.1) is 0 Å². The van der Waals surface area contributed by atoms with Crippen molar-refractivity contribution < 1.29 is 4.84 Å². The number of hydrogen-bond acceptors (Lipinski definition) is 3. The van der Waals surface area contributed by atoms with Crippen LogP contribution in [-0.4, -0.2) is 37.4 Å². The van der Waals surface area contributed by atoms with E-state index in [9.17, 15) is 0 Å². The summed E-state index contributed by atoms with van der Waals surface area (Å²) in [6.45, 7) is 4.02. The number of nitrogens with zero attached hydrogens (tertiary/aromatic N) is 2. The van der Waals surface area contributed by atoms with Gasteiger partial charge >= 0.3 is 0 Å². The van der Waals surface area contributed by atoms with Crippen LogP contribution in [0.4, 0.5) is 0 Å². The molecule has 0 spiro atoms. The van der Waals surface area contributed by atoms with E-state index in [1.54, 1.807) is 6.21 Å². The molecule has 0 bridgehead atoms. The Morgan fingerprint density at radius 3 is 2.65 bits per heavy atom. The van der Waals surface area contributed by atoms with Gasteiger partial charge in [-0.15, -0.1) is 0 Å². The minimum Gasteiger partial charge on any atom is -0.394 e. The summed E-state index contributed by atoms with van der Waals surface area (Å²) in [6, 6.07) is 7.51. The van der Waals surface area contributed by atoms with Gasteiger partial charge in [0.2, 0.25) is 0 Å². The van der Waals surface area contributed by atoms with Crippen molar-refractivity contribution >= 4 is 17.8 Å². The molecule has 17 heavy (non-hydrogen) atoms. The summed E-state index contributed by atoms with van der Waals surface area (Å²) >= 11 is 5.79. The molecule has 3 nitrogen and oxygen atoms in total. The van der Waals surface area contributed by atoms with E-state index in [0.29, 0.717) is 6.61 Å². The van der Waals surface area contributed by atoms with Crippen LogP contribution in [-0.2, 0) is 4.84 Å². The van der Waals surface area contributed by atoms with Gasteiger partial charge in [0.15, 0.2) is 0 Å². The quantitative estimate of drug-likeness (QED) is 0.457. The van der Waals surface area contributed by atoms with Gasteiger partial charge in [0, 0.05) is 11.6 Å². The van der Waals surface area contributed by atoms with Gasteiger partial charge in [-0.3, -0.25) is 4.90 Å². The molecule has 1 aliphatic heterocycles. The van der Waals surface area contributed by atoms with Crippen molar-refractivity contribution in [1.82, 2.24) is 4.90 Å². The fraction of sp³-hybridized carbons (Fsp3) is 0.462. The Bertz CT molecular complexity index is 358. The first-order valence-corrected chi connectivity index (χ1v) is 6.36. The summed E-state index contributed by atoms with van der Waals surface area (Å²) in [6.07, 6.45) is 4.34. The maximum atomic E-state index is 5.79. The van der Waals surface area contributed by atoms with Gasteiger partial charge in [-0.2, -0.15) is 0 Å². The van der Waals surface area contributed by atoms with Crippen molar-refractivity contribution in [2.24, 2.45) is 5.16 Å². The van der Waals surface area contributed by atoms with Gasteiger partial charge in [0.05, 0.1) is 6.21 Å². The van der Waals surface area contributed by atoms with Crippen LogP contribution in [0.3, 0.4) is 0 Å². The summed E-state index contributed by atoms with van der Waals surface area (Å²) in [5, 5.41) is 4.67. The monoisotopic (exact) mass is 252 g/mol. The molecule has 1 aromatic carbocycles. The van der Waals surface area contributed by atoms with E-state index < -0.39 is 0 Å². The van der Waals surface area contributed by atoms with Crippen molar-refractivity contribution in [3.8, 4) is 0 Å². The average Bonchev–Trinajstić information content (AvgIpc) is 2.84. The molecule has 0 N–H and O–H groups in total. The minimum atomic E-state index is 0.657. The number of oxime groups is 1. The lowest BCUT2D eigenvalue weighted by molar-refractivity contribution is 0.120. The van der Waals surface area contributed by atoms with Crippen LogP contribution in [0.5, 0.6) is 0 Å². The first kappa shape index (κ1) is 12.4. The zero-order valence-electron chi connectivity index (χ0n) is 9.81. The zero-order chi connectivity index (χ0) is 11.9. The summed E-state index contributed by atoms with van der Waals surface area (Å²) in [5.74, 6) is 0. The van der Waals surface area contributed by atoms with Gasteiger partial charge in [-0.25, -0.2) is 0 Å². The van der Waals surface area contributed by atoms with E-state index in [-0.39, 0.29) is 0 Å². The summed E-state index contributed by atoms with van der Waals surface area (Å²) in [5.41, 5.74) is 0.996. The van der Waals surface area contributed by atoms with E-state index in [1.807, 2.05) is 24.3 Å². The van der Waals surface area contributed by atoms with Crippen LogP contribution in [0.1, 0.15) is 18.4 Å². The molecule has 1 aromatic rings. The van der Waals surface area contributed by atoms with E-state index in [4.69, 9.17) is 16.4 Å². The highest BCUT2D eigenvalue weighted by Crippen LogP contribution is 2.08. The van der Waals surface area contributed by atoms with Crippen molar-refractivity contribution in [1.29, 1.82) is 0 Å². The second-order valence-electron chi connectivity index (χ2n) is 4.17. The molecular weight excluding hydrogens is 236 g/mol. The molecule has 4 heteroatoms. The molecule has 0 aromatic heterocycles. The fourth-order valence-corrected chi connectivity index (χ4v) is 2.00. The highest BCUT2D eigenvalue weighted by molar-refractivity contribution is 6.30. The second kappa shape index (κ2) is 6.62. The topological polar surface area (TPSA) is 24.8 Å². The Hall–Kier alpha value is -1.06. The molecule has 1 fully saturated rings.